The van der Waals surface area contributed by atoms with E-state index in [1.54, 1.807) is 0 Å². The normalized spacial score (nSPS) is 12.8. The molecular formula is C10H17O. The minimum Gasteiger partial charge on any atom is -0.236 e. The minimum absolute atomic E-state index is 0.0148. The van der Waals surface area contributed by atoms with Crippen LogP contribution in [0.15, 0.2) is 23.8 Å². The van der Waals surface area contributed by atoms with Crippen LogP contribution >= 0.6 is 0 Å². The summed E-state index contributed by atoms with van der Waals surface area (Å²) in [5, 5.41) is 10.1. The summed E-state index contributed by atoms with van der Waals surface area (Å²) < 4.78 is 0. The molecule has 0 aromatic carbocycles. The highest BCUT2D eigenvalue weighted by molar-refractivity contribution is 4.99. The first kappa shape index (κ1) is 10.4. The van der Waals surface area contributed by atoms with Crippen molar-refractivity contribution in [2.75, 3.05) is 6.61 Å². The van der Waals surface area contributed by atoms with Gasteiger partial charge >= 0.3 is 0 Å². The third-order valence-electron chi connectivity index (χ3n) is 1.55. The van der Waals surface area contributed by atoms with Crippen molar-refractivity contribution < 1.29 is 5.11 Å². The first-order chi connectivity index (χ1) is 5.31. The molecule has 0 aliphatic rings. The van der Waals surface area contributed by atoms with Crippen LogP contribution in [0.4, 0.5) is 0 Å². The molecule has 0 N–H and O–H groups in total. The maximum absolute atomic E-state index is 10.1. The summed E-state index contributed by atoms with van der Waals surface area (Å²) in [6.45, 7) is 4.12. The molecule has 0 bridgehead atoms. The second kappa shape index (κ2) is 7.55. The lowest BCUT2D eigenvalue weighted by Gasteiger charge is -1.95. The zero-order chi connectivity index (χ0) is 8.53. The Labute approximate surface area is 69.4 Å². The summed E-state index contributed by atoms with van der Waals surface area (Å²) in [7, 11) is 0. The SMILES string of the molecule is CC=CCCC(C)=CCC[O]. The van der Waals surface area contributed by atoms with E-state index in [9.17, 15) is 5.11 Å². The van der Waals surface area contributed by atoms with Gasteiger partial charge in [0, 0.05) is 0 Å². The van der Waals surface area contributed by atoms with Crippen LogP contribution in [0.25, 0.3) is 0 Å². The quantitative estimate of drug-likeness (QED) is 0.541. The van der Waals surface area contributed by atoms with Crippen molar-refractivity contribution in [3.05, 3.63) is 23.8 Å². The maximum Gasteiger partial charge on any atom is 0.0856 e. The van der Waals surface area contributed by atoms with E-state index in [0.717, 1.165) is 12.8 Å². The largest absolute Gasteiger partial charge is 0.236 e. The van der Waals surface area contributed by atoms with Crippen LogP contribution in [0.1, 0.15) is 33.1 Å². The van der Waals surface area contributed by atoms with Gasteiger partial charge < -0.3 is 0 Å². The lowest BCUT2D eigenvalue weighted by molar-refractivity contribution is 0.199. The van der Waals surface area contributed by atoms with E-state index in [-0.39, 0.29) is 6.61 Å². The first-order valence-electron chi connectivity index (χ1n) is 4.16. The fourth-order valence-corrected chi connectivity index (χ4v) is 0.885. The minimum atomic E-state index is 0.0148. The summed E-state index contributed by atoms with van der Waals surface area (Å²) in [6, 6.07) is 0. The Bertz CT molecular complexity index is 134. The van der Waals surface area contributed by atoms with Crippen molar-refractivity contribution in [2.45, 2.75) is 33.1 Å². The van der Waals surface area contributed by atoms with Crippen molar-refractivity contribution in [1.82, 2.24) is 0 Å². The molecule has 0 aliphatic heterocycles. The molecule has 0 saturated carbocycles. The first-order valence-corrected chi connectivity index (χ1v) is 4.16. The number of allylic oxidation sites excluding steroid dienone is 3. The average molecular weight is 153 g/mol. The second-order valence-corrected chi connectivity index (χ2v) is 2.65. The lowest BCUT2D eigenvalue weighted by Crippen LogP contribution is -1.79. The Kier molecular flexibility index (Phi) is 7.16. The van der Waals surface area contributed by atoms with Gasteiger partial charge in [-0.2, -0.15) is 0 Å². The van der Waals surface area contributed by atoms with Crippen molar-refractivity contribution in [2.24, 2.45) is 0 Å². The summed E-state index contributed by atoms with van der Waals surface area (Å²) >= 11 is 0. The smallest absolute Gasteiger partial charge is 0.0856 e. The third-order valence-corrected chi connectivity index (χ3v) is 1.55. The molecular weight excluding hydrogens is 136 g/mol. The van der Waals surface area contributed by atoms with Crippen molar-refractivity contribution in [1.29, 1.82) is 0 Å². The van der Waals surface area contributed by atoms with E-state index >= 15 is 0 Å². The fourth-order valence-electron chi connectivity index (χ4n) is 0.885. The van der Waals surface area contributed by atoms with E-state index in [0.29, 0.717) is 6.42 Å². The highest BCUT2D eigenvalue weighted by atomic mass is 16.2. The molecule has 0 fully saturated rings. The van der Waals surface area contributed by atoms with Crippen LogP contribution in [-0.4, -0.2) is 6.61 Å². The third kappa shape index (κ3) is 7.34. The van der Waals surface area contributed by atoms with Gasteiger partial charge in [-0.1, -0.05) is 23.8 Å². The topological polar surface area (TPSA) is 19.9 Å². The van der Waals surface area contributed by atoms with Crippen LogP contribution < -0.4 is 0 Å². The van der Waals surface area contributed by atoms with Gasteiger partial charge in [0.1, 0.15) is 0 Å². The van der Waals surface area contributed by atoms with Crippen LogP contribution in [0.2, 0.25) is 0 Å². The summed E-state index contributed by atoms with van der Waals surface area (Å²) in [5.41, 5.74) is 1.33. The van der Waals surface area contributed by atoms with Gasteiger partial charge in [0.05, 0.1) is 6.61 Å². The van der Waals surface area contributed by atoms with Crippen LogP contribution in [0.3, 0.4) is 0 Å². The van der Waals surface area contributed by atoms with Gasteiger partial charge in [0.25, 0.3) is 0 Å². The number of rotatable bonds is 5. The zero-order valence-electron chi connectivity index (χ0n) is 7.47. The molecule has 0 unspecified atom stereocenters. The van der Waals surface area contributed by atoms with Crippen LogP contribution in [0, 0.1) is 0 Å². The van der Waals surface area contributed by atoms with Crippen molar-refractivity contribution in [3.8, 4) is 0 Å². The Hall–Kier alpha value is -0.560. The summed E-state index contributed by atoms with van der Waals surface area (Å²) in [4.78, 5) is 0. The molecule has 0 aromatic rings. The molecule has 0 rings (SSSR count). The highest BCUT2D eigenvalue weighted by Gasteiger charge is 1.86. The van der Waals surface area contributed by atoms with Gasteiger partial charge in [-0.15, -0.1) is 0 Å². The molecule has 1 heteroatoms. The fraction of sp³-hybridized carbons (Fsp3) is 0.600. The standard InChI is InChI=1S/C10H17O/c1-3-4-5-7-10(2)8-6-9-11/h3-4,8H,5-7,9H2,1-2H3. The van der Waals surface area contributed by atoms with E-state index in [2.05, 4.69) is 19.1 Å². The van der Waals surface area contributed by atoms with Crippen LogP contribution in [0.5, 0.6) is 0 Å². The van der Waals surface area contributed by atoms with Gasteiger partial charge in [0.2, 0.25) is 0 Å². The van der Waals surface area contributed by atoms with Crippen LogP contribution in [-0.2, 0) is 5.11 Å². The van der Waals surface area contributed by atoms with Crippen molar-refractivity contribution >= 4 is 0 Å². The Morgan fingerprint density at radius 3 is 2.64 bits per heavy atom. The molecule has 0 saturated heterocycles. The predicted octanol–water partition coefficient (Wildman–Crippen LogP) is 3.11. The molecule has 11 heavy (non-hydrogen) atoms. The molecule has 0 atom stereocenters. The molecule has 0 aliphatic carbocycles. The second-order valence-electron chi connectivity index (χ2n) is 2.65. The molecule has 0 amide bonds. The van der Waals surface area contributed by atoms with E-state index in [1.165, 1.54) is 5.57 Å². The highest BCUT2D eigenvalue weighted by Crippen LogP contribution is 2.05. The monoisotopic (exact) mass is 153 g/mol. The number of hydrogen-bond acceptors (Lipinski definition) is 0. The Morgan fingerprint density at radius 2 is 2.09 bits per heavy atom. The van der Waals surface area contributed by atoms with Gasteiger partial charge in [0.15, 0.2) is 0 Å². The molecule has 1 nitrogen and oxygen atoms in total. The zero-order valence-corrected chi connectivity index (χ0v) is 7.47. The van der Waals surface area contributed by atoms with E-state index < -0.39 is 0 Å². The van der Waals surface area contributed by atoms with E-state index in [4.69, 9.17) is 0 Å². The summed E-state index contributed by atoms with van der Waals surface area (Å²) in [5.74, 6) is 0. The average Bonchev–Trinajstić information content (AvgIpc) is 2.01. The molecule has 0 spiro atoms. The van der Waals surface area contributed by atoms with Gasteiger partial charge in [-0.05, 0) is 33.1 Å². The Morgan fingerprint density at radius 1 is 1.36 bits per heavy atom. The molecule has 63 valence electrons. The number of hydrogen-bond donors (Lipinski definition) is 0. The van der Waals surface area contributed by atoms with Crippen molar-refractivity contribution in [3.63, 3.8) is 0 Å². The van der Waals surface area contributed by atoms with E-state index in [1.807, 2.05) is 13.0 Å². The van der Waals surface area contributed by atoms with Gasteiger partial charge in [-0.25, -0.2) is 5.11 Å². The predicted molar refractivity (Wildman–Crippen MR) is 48.0 cm³/mol. The molecule has 0 aromatic heterocycles. The van der Waals surface area contributed by atoms with Gasteiger partial charge in [-0.3, -0.25) is 0 Å². The lowest BCUT2D eigenvalue weighted by atomic mass is 10.1. The molecule has 0 heterocycles. The maximum atomic E-state index is 10.1. The summed E-state index contributed by atoms with van der Waals surface area (Å²) in [6.07, 6.45) is 9.11. The Balaban J connectivity index is 3.42. The molecule has 1 radical (unpaired) electrons.